The molecule has 0 fully saturated rings. The van der Waals surface area contributed by atoms with Crippen molar-refractivity contribution in [1.29, 1.82) is 0 Å². The van der Waals surface area contributed by atoms with Gasteiger partial charge in [-0.1, -0.05) is 21.1 Å². The fourth-order valence-corrected chi connectivity index (χ4v) is 1.64. The molecule has 0 saturated heterocycles. The molecule has 7 heteroatoms. The number of carboxylic acids is 1. The van der Waals surface area contributed by atoms with Crippen molar-refractivity contribution < 1.29 is 9.90 Å². The van der Waals surface area contributed by atoms with Crippen molar-refractivity contribution in [2.45, 2.75) is 6.54 Å². The average Bonchev–Trinajstić information content (AvgIpc) is 2.22. The van der Waals surface area contributed by atoms with E-state index in [1.54, 1.807) is 18.2 Å². The zero-order chi connectivity index (χ0) is 11.7. The van der Waals surface area contributed by atoms with E-state index >= 15 is 0 Å². The van der Waals surface area contributed by atoms with Crippen LogP contribution in [0.1, 0.15) is 0 Å². The predicted molar refractivity (Wildman–Crippen MR) is 59.1 cm³/mol. The number of hydrogen-bond acceptors (Lipinski definition) is 4. The number of carboxylic acid groups (broad SMARTS) is 1. The molecule has 0 radical (unpaired) electrons. The molecule has 0 atom stereocenters. The number of nitrogens with zero attached hydrogens (tertiary/aromatic N) is 3. The average molecular weight is 284 g/mol. The van der Waals surface area contributed by atoms with Gasteiger partial charge in [-0.15, -0.1) is 5.10 Å². The summed E-state index contributed by atoms with van der Waals surface area (Å²) in [7, 11) is 0. The molecule has 2 rings (SSSR count). The van der Waals surface area contributed by atoms with E-state index in [1.807, 2.05) is 0 Å². The third-order valence-corrected chi connectivity index (χ3v) is 2.46. The smallest absolute Gasteiger partial charge is 0.325 e. The summed E-state index contributed by atoms with van der Waals surface area (Å²) in [6, 6.07) is 4.96. The molecular formula is C9H6BrN3O3. The molecule has 1 N–H and O–H groups in total. The maximum absolute atomic E-state index is 11.8. The number of aliphatic carboxylic acids is 1. The molecule has 0 amide bonds. The maximum Gasteiger partial charge on any atom is 0.325 e. The highest BCUT2D eigenvalue weighted by molar-refractivity contribution is 9.10. The van der Waals surface area contributed by atoms with Crippen LogP contribution in [-0.2, 0) is 11.3 Å². The van der Waals surface area contributed by atoms with Gasteiger partial charge in [0.1, 0.15) is 12.1 Å². The first-order chi connectivity index (χ1) is 7.58. The Kier molecular flexibility index (Phi) is 2.69. The van der Waals surface area contributed by atoms with Crippen LogP contribution in [0.4, 0.5) is 0 Å². The van der Waals surface area contributed by atoms with Gasteiger partial charge in [-0.05, 0) is 18.2 Å². The highest BCUT2D eigenvalue weighted by atomic mass is 79.9. The number of halogens is 1. The number of fused-ring (bicyclic) bond motifs is 1. The quantitative estimate of drug-likeness (QED) is 0.874. The van der Waals surface area contributed by atoms with Crippen molar-refractivity contribution in [3.8, 4) is 0 Å². The SMILES string of the molecule is O=C(O)Cn1nnc2ccc(Br)cc2c1=O. The molecule has 0 bridgehead atoms. The number of benzene rings is 1. The summed E-state index contributed by atoms with van der Waals surface area (Å²) in [6.07, 6.45) is 0. The first-order valence-electron chi connectivity index (χ1n) is 4.33. The summed E-state index contributed by atoms with van der Waals surface area (Å²) in [6.45, 7) is -0.492. The molecule has 82 valence electrons. The van der Waals surface area contributed by atoms with Crippen LogP contribution in [0, 0.1) is 0 Å². The number of aromatic nitrogens is 3. The van der Waals surface area contributed by atoms with E-state index in [4.69, 9.17) is 5.11 Å². The summed E-state index contributed by atoms with van der Waals surface area (Å²) < 4.78 is 1.55. The number of hydrogen-bond donors (Lipinski definition) is 1. The standard InChI is InChI=1S/C9H6BrN3O3/c10-5-1-2-7-6(3-5)9(16)13(12-11-7)4-8(14)15/h1-3H,4H2,(H,14,15). The molecule has 16 heavy (non-hydrogen) atoms. The van der Waals surface area contributed by atoms with Crippen LogP contribution in [0.5, 0.6) is 0 Å². The summed E-state index contributed by atoms with van der Waals surface area (Å²) in [4.78, 5) is 22.3. The molecule has 6 nitrogen and oxygen atoms in total. The summed E-state index contributed by atoms with van der Waals surface area (Å²) in [5.41, 5.74) is -0.0245. The first-order valence-corrected chi connectivity index (χ1v) is 5.12. The highest BCUT2D eigenvalue weighted by Gasteiger charge is 2.08. The van der Waals surface area contributed by atoms with Gasteiger partial charge in [0.15, 0.2) is 0 Å². The topological polar surface area (TPSA) is 85.1 Å². The van der Waals surface area contributed by atoms with Crippen molar-refractivity contribution in [3.05, 3.63) is 33.0 Å². The molecule has 2 aromatic rings. The third kappa shape index (κ3) is 1.94. The van der Waals surface area contributed by atoms with Gasteiger partial charge in [0.05, 0.1) is 5.39 Å². The molecule has 0 unspecified atom stereocenters. The normalized spacial score (nSPS) is 10.6. The van der Waals surface area contributed by atoms with Crippen LogP contribution in [0.25, 0.3) is 10.9 Å². The molecule has 0 saturated carbocycles. The molecule has 1 heterocycles. The Balaban J connectivity index is 2.68. The molecule has 1 aromatic carbocycles. The molecule has 0 aliphatic carbocycles. The van der Waals surface area contributed by atoms with Crippen molar-refractivity contribution in [3.63, 3.8) is 0 Å². The van der Waals surface area contributed by atoms with E-state index in [0.717, 1.165) is 9.15 Å². The highest BCUT2D eigenvalue weighted by Crippen LogP contribution is 2.14. The van der Waals surface area contributed by atoms with Crippen LogP contribution in [0.3, 0.4) is 0 Å². The van der Waals surface area contributed by atoms with Crippen LogP contribution >= 0.6 is 15.9 Å². The lowest BCUT2D eigenvalue weighted by Gasteiger charge is -2.01. The largest absolute Gasteiger partial charge is 0.480 e. The second-order valence-electron chi connectivity index (χ2n) is 3.11. The monoisotopic (exact) mass is 283 g/mol. The van der Waals surface area contributed by atoms with Gasteiger partial charge in [-0.25, -0.2) is 0 Å². The number of rotatable bonds is 2. The van der Waals surface area contributed by atoms with Crippen LogP contribution < -0.4 is 5.56 Å². The van der Waals surface area contributed by atoms with E-state index in [9.17, 15) is 9.59 Å². The lowest BCUT2D eigenvalue weighted by molar-refractivity contribution is -0.138. The minimum Gasteiger partial charge on any atom is -0.480 e. The van der Waals surface area contributed by atoms with Gasteiger partial charge in [-0.2, -0.15) is 4.68 Å². The Labute approximate surface area is 97.6 Å². The van der Waals surface area contributed by atoms with Gasteiger partial charge >= 0.3 is 5.97 Å². The number of carbonyl (C=O) groups is 1. The second-order valence-corrected chi connectivity index (χ2v) is 4.02. The van der Waals surface area contributed by atoms with Crippen LogP contribution in [0.15, 0.2) is 27.5 Å². The van der Waals surface area contributed by atoms with Gasteiger partial charge in [0.2, 0.25) is 0 Å². The Bertz CT molecular complexity index is 623. The zero-order valence-electron chi connectivity index (χ0n) is 7.92. The third-order valence-electron chi connectivity index (χ3n) is 1.97. The fraction of sp³-hybridized carbons (Fsp3) is 0.111. The summed E-state index contributed by atoms with van der Waals surface area (Å²) >= 11 is 3.23. The predicted octanol–water partition coefficient (Wildman–Crippen LogP) is 0.639. The van der Waals surface area contributed by atoms with Crippen molar-refractivity contribution in [1.82, 2.24) is 15.0 Å². The van der Waals surface area contributed by atoms with Gasteiger partial charge < -0.3 is 5.11 Å². The molecule has 0 aliphatic rings. The van der Waals surface area contributed by atoms with Gasteiger partial charge in [0.25, 0.3) is 5.56 Å². The Morgan fingerprint density at radius 3 is 2.94 bits per heavy atom. The van der Waals surface area contributed by atoms with Gasteiger partial charge in [0, 0.05) is 4.47 Å². The first kappa shape index (κ1) is 10.7. The van der Waals surface area contributed by atoms with Crippen molar-refractivity contribution in [2.75, 3.05) is 0 Å². The lowest BCUT2D eigenvalue weighted by Crippen LogP contribution is -2.27. The van der Waals surface area contributed by atoms with Crippen LogP contribution in [0.2, 0.25) is 0 Å². The van der Waals surface area contributed by atoms with E-state index in [1.165, 1.54) is 0 Å². The lowest BCUT2D eigenvalue weighted by atomic mass is 10.2. The molecule has 0 aliphatic heterocycles. The van der Waals surface area contributed by atoms with E-state index in [2.05, 4.69) is 26.2 Å². The maximum atomic E-state index is 11.8. The summed E-state index contributed by atoms with van der Waals surface area (Å²) in [5, 5.41) is 16.2. The van der Waals surface area contributed by atoms with Crippen molar-refractivity contribution >= 4 is 32.8 Å². The fourth-order valence-electron chi connectivity index (χ4n) is 1.28. The van der Waals surface area contributed by atoms with E-state index < -0.39 is 18.1 Å². The Morgan fingerprint density at radius 1 is 1.50 bits per heavy atom. The minimum absolute atomic E-state index is 0.339. The summed E-state index contributed by atoms with van der Waals surface area (Å²) in [5.74, 6) is -1.13. The Morgan fingerprint density at radius 2 is 2.25 bits per heavy atom. The molecule has 1 aromatic heterocycles. The van der Waals surface area contributed by atoms with Crippen LogP contribution in [-0.4, -0.2) is 26.1 Å². The molecule has 0 spiro atoms. The Hall–Kier alpha value is -1.76. The van der Waals surface area contributed by atoms with Gasteiger partial charge in [-0.3, -0.25) is 9.59 Å². The zero-order valence-corrected chi connectivity index (χ0v) is 9.51. The van der Waals surface area contributed by atoms with Crippen molar-refractivity contribution in [2.24, 2.45) is 0 Å². The van der Waals surface area contributed by atoms with E-state index in [-0.39, 0.29) is 0 Å². The minimum atomic E-state index is -1.13. The second kappa shape index (κ2) is 4.01. The molecular weight excluding hydrogens is 278 g/mol. The van der Waals surface area contributed by atoms with E-state index in [0.29, 0.717) is 10.9 Å².